The Kier molecular flexibility index (Phi) is 6.68. The number of benzene rings is 4. The predicted octanol–water partition coefficient (Wildman–Crippen LogP) is 9.56. The Balaban J connectivity index is 1.29. The van der Waals surface area contributed by atoms with Gasteiger partial charge in [0.2, 0.25) is 0 Å². The summed E-state index contributed by atoms with van der Waals surface area (Å²) < 4.78 is 0. The molecule has 0 aliphatic carbocycles. The zero-order chi connectivity index (χ0) is 31.9. The summed E-state index contributed by atoms with van der Waals surface area (Å²) in [7, 11) is 0. The number of aliphatic imine (C=N–C) groups is 2. The highest BCUT2D eigenvalue weighted by Gasteiger charge is 2.22. The summed E-state index contributed by atoms with van der Waals surface area (Å²) >= 11 is 0. The van der Waals surface area contributed by atoms with E-state index in [0.717, 1.165) is 89.1 Å². The summed E-state index contributed by atoms with van der Waals surface area (Å²) in [6.07, 6.45) is 10.9. The summed E-state index contributed by atoms with van der Waals surface area (Å²) in [5.41, 5.74) is 10.8. The van der Waals surface area contributed by atoms with Gasteiger partial charge in [-0.25, -0.2) is 9.98 Å². The minimum Gasteiger partial charge on any atom is -0.265 e. The van der Waals surface area contributed by atoms with Gasteiger partial charge in [-0.3, -0.25) is 19.9 Å². The van der Waals surface area contributed by atoms with Crippen molar-refractivity contribution in [2.24, 2.45) is 9.98 Å². The molecule has 6 heteroatoms. The molecule has 0 saturated carbocycles. The molecule has 0 amide bonds. The molecule has 9 rings (SSSR count). The summed E-state index contributed by atoms with van der Waals surface area (Å²) in [6, 6.07) is 41.6. The van der Waals surface area contributed by atoms with Gasteiger partial charge in [-0.2, -0.15) is 0 Å². The van der Waals surface area contributed by atoms with E-state index < -0.39 is 0 Å². The average Bonchev–Trinajstić information content (AvgIpc) is 3.16. The molecule has 4 aromatic heterocycles. The summed E-state index contributed by atoms with van der Waals surface area (Å²) in [6.45, 7) is 0. The van der Waals surface area contributed by atoms with Gasteiger partial charge in [-0.1, -0.05) is 48.5 Å². The largest absolute Gasteiger partial charge is 0.265 e. The molecule has 0 radical (unpaired) electrons. The second kappa shape index (κ2) is 11.6. The van der Waals surface area contributed by atoms with Gasteiger partial charge in [-0.15, -0.1) is 0 Å². The molecule has 48 heavy (non-hydrogen) atoms. The highest BCUT2D eigenvalue weighted by Crippen LogP contribution is 2.37. The molecule has 0 bridgehead atoms. The first-order valence-corrected chi connectivity index (χ1v) is 15.7. The molecule has 0 fully saturated rings. The van der Waals surface area contributed by atoms with Crippen LogP contribution in [-0.4, -0.2) is 31.4 Å². The minimum absolute atomic E-state index is 0.815. The quantitative estimate of drug-likeness (QED) is 0.198. The molecule has 1 aliphatic heterocycles. The lowest BCUT2D eigenvalue weighted by Gasteiger charge is -2.19. The van der Waals surface area contributed by atoms with Crippen LogP contribution in [0.15, 0.2) is 168 Å². The third kappa shape index (κ3) is 5.02. The Morgan fingerprint density at radius 3 is 1.12 bits per heavy atom. The average molecular weight is 615 g/mol. The second-order valence-corrected chi connectivity index (χ2v) is 11.7. The fourth-order valence-corrected chi connectivity index (χ4v) is 6.28. The smallest absolute Gasteiger partial charge is 0.0819 e. The van der Waals surface area contributed by atoms with Crippen LogP contribution in [0, 0.1) is 0 Å². The van der Waals surface area contributed by atoms with Gasteiger partial charge in [0.25, 0.3) is 0 Å². The SMILES string of the molecule is c1ccc2cc3c(cc2c1)/N=C(/c1ccc(-c2ccncc2)nc1)c1cc2ccccc2cc1/N=C\3c1ccc(-c2ccncc2)nc1. The standard InChI is InChI=1S/C42H26N6/c1-3-7-31-23-39-35(21-29(31)5-1)41(33-9-11-37(45-25-33)27-13-17-43-18-14-27)48-40-24-32-8-4-2-6-30(32)22-36(40)42(47-39)34-10-12-38(46-26-34)28-15-19-44-20-16-28/h1-26H/b41-35?,42-36?,47-39?,47-42-,48-40?,48-41-. The van der Waals surface area contributed by atoms with E-state index in [-0.39, 0.29) is 0 Å². The fourth-order valence-electron chi connectivity index (χ4n) is 6.28. The third-order valence-electron chi connectivity index (χ3n) is 8.73. The van der Waals surface area contributed by atoms with Crippen LogP contribution < -0.4 is 0 Å². The Hall–Kier alpha value is -6.66. The van der Waals surface area contributed by atoms with Crippen molar-refractivity contribution in [2.45, 2.75) is 0 Å². The molecule has 8 aromatic rings. The number of hydrogen-bond donors (Lipinski definition) is 0. The van der Waals surface area contributed by atoms with Crippen LogP contribution in [0.2, 0.25) is 0 Å². The number of pyridine rings is 4. The predicted molar refractivity (Wildman–Crippen MR) is 193 cm³/mol. The van der Waals surface area contributed by atoms with E-state index in [9.17, 15) is 0 Å². The first kappa shape index (κ1) is 27.6. The van der Waals surface area contributed by atoms with Crippen molar-refractivity contribution in [1.82, 2.24) is 19.9 Å². The van der Waals surface area contributed by atoms with E-state index in [4.69, 9.17) is 20.0 Å². The van der Waals surface area contributed by atoms with Crippen LogP contribution in [0.4, 0.5) is 11.4 Å². The maximum Gasteiger partial charge on any atom is 0.0819 e. The monoisotopic (exact) mass is 614 g/mol. The van der Waals surface area contributed by atoms with Crippen LogP contribution in [-0.2, 0) is 0 Å². The summed E-state index contributed by atoms with van der Waals surface area (Å²) in [5, 5.41) is 4.44. The van der Waals surface area contributed by atoms with Crippen molar-refractivity contribution in [1.29, 1.82) is 0 Å². The highest BCUT2D eigenvalue weighted by atomic mass is 14.8. The van der Waals surface area contributed by atoms with Gasteiger partial charge >= 0.3 is 0 Å². The lowest BCUT2D eigenvalue weighted by atomic mass is 9.93. The molecule has 0 atom stereocenters. The summed E-state index contributed by atoms with van der Waals surface area (Å²) in [5.74, 6) is 0. The van der Waals surface area contributed by atoms with Crippen LogP contribution >= 0.6 is 0 Å². The minimum atomic E-state index is 0.815. The van der Waals surface area contributed by atoms with Crippen molar-refractivity contribution < 1.29 is 0 Å². The Labute approximate surface area is 276 Å². The van der Waals surface area contributed by atoms with Gasteiger partial charge in [0, 0.05) is 70.6 Å². The first-order valence-electron chi connectivity index (χ1n) is 15.7. The number of hydrogen-bond acceptors (Lipinski definition) is 6. The van der Waals surface area contributed by atoms with Crippen molar-refractivity contribution >= 4 is 44.3 Å². The first-order chi connectivity index (χ1) is 23.8. The van der Waals surface area contributed by atoms with E-state index in [0.29, 0.717) is 0 Å². The van der Waals surface area contributed by atoms with E-state index in [1.165, 1.54) is 0 Å². The van der Waals surface area contributed by atoms with Crippen molar-refractivity contribution in [2.75, 3.05) is 0 Å². The number of aromatic nitrogens is 4. The Bertz CT molecular complexity index is 2340. The molecular formula is C42H26N6. The van der Waals surface area contributed by atoms with Crippen LogP contribution in [0.3, 0.4) is 0 Å². The van der Waals surface area contributed by atoms with Crippen molar-refractivity contribution in [3.05, 3.63) is 181 Å². The van der Waals surface area contributed by atoms with Crippen molar-refractivity contribution in [3.8, 4) is 22.5 Å². The molecule has 0 N–H and O–H groups in total. The number of nitrogens with zero attached hydrogens (tertiary/aromatic N) is 6. The lowest BCUT2D eigenvalue weighted by molar-refractivity contribution is 1.27. The maximum atomic E-state index is 5.47. The van der Waals surface area contributed by atoms with Gasteiger partial charge in [0.1, 0.15) is 0 Å². The molecule has 6 nitrogen and oxygen atoms in total. The van der Waals surface area contributed by atoms with E-state index in [1.54, 1.807) is 24.8 Å². The normalized spacial score (nSPS) is 14.6. The Morgan fingerprint density at radius 1 is 0.354 bits per heavy atom. The van der Waals surface area contributed by atoms with Gasteiger partial charge < -0.3 is 0 Å². The molecule has 0 saturated heterocycles. The molecule has 4 aromatic carbocycles. The molecule has 0 unspecified atom stereocenters. The lowest BCUT2D eigenvalue weighted by Crippen LogP contribution is -2.11. The third-order valence-corrected chi connectivity index (χ3v) is 8.73. The zero-order valence-electron chi connectivity index (χ0n) is 25.7. The zero-order valence-corrected chi connectivity index (χ0v) is 25.7. The van der Waals surface area contributed by atoms with Crippen molar-refractivity contribution in [3.63, 3.8) is 0 Å². The maximum absolute atomic E-state index is 5.47. The van der Waals surface area contributed by atoms with Gasteiger partial charge in [-0.05, 0) is 94.3 Å². The van der Waals surface area contributed by atoms with Gasteiger partial charge in [0.15, 0.2) is 0 Å². The van der Waals surface area contributed by atoms with E-state index in [2.05, 4.69) is 94.9 Å². The Morgan fingerprint density at radius 2 is 0.750 bits per heavy atom. The topological polar surface area (TPSA) is 76.3 Å². The van der Waals surface area contributed by atoms with Crippen LogP contribution in [0.1, 0.15) is 22.3 Å². The van der Waals surface area contributed by atoms with Gasteiger partial charge in [0.05, 0.1) is 34.2 Å². The number of fused-ring (bicyclic) bond motifs is 4. The van der Waals surface area contributed by atoms with Crippen LogP contribution in [0.25, 0.3) is 44.1 Å². The fraction of sp³-hybridized carbons (Fsp3) is 0. The van der Waals surface area contributed by atoms with Crippen LogP contribution in [0.5, 0.6) is 0 Å². The molecule has 5 heterocycles. The van der Waals surface area contributed by atoms with E-state index in [1.807, 2.05) is 48.8 Å². The molecular weight excluding hydrogens is 589 g/mol. The second-order valence-electron chi connectivity index (χ2n) is 11.7. The molecule has 0 spiro atoms. The highest BCUT2D eigenvalue weighted by molar-refractivity contribution is 6.24. The van der Waals surface area contributed by atoms with E-state index >= 15 is 0 Å². The molecule has 224 valence electrons. The summed E-state index contributed by atoms with van der Waals surface area (Å²) in [4.78, 5) is 29.0. The molecule has 1 aliphatic rings. The number of rotatable bonds is 4.